The van der Waals surface area contributed by atoms with Crippen LogP contribution in [0.1, 0.15) is 38.5 Å². The van der Waals surface area contributed by atoms with Gasteiger partial charge in [0.1, 0.15) is 0 Å². The van der Waals surface area contributed by atoms with E-state index in [2.05, 4.69) is 10.6 Å². The molecule has 0 atom stereocenters. The second kappa shape index (κ2) is 7.34. The fourth-order valence-electron chi connectivity index (χ4n) is 2.09. The van der Waals surface area contributed by atoms with Gasteiger partial charge < -0.3 is 10.6 Å². The van der Waals surface area contributed by atoms with Gasteiger partial charge >= 0.3 is 0 Å². The largest absolute Gasteiger partial charge is 0.318 e. The molecule has 0 heterocycles. The quantitative estimate of drug-likeness (QED) is 0.502. The number of likely N-dealkylation sites (N-methyl/N-ethyl adjacent to an activating group) is 1. The van der Waals surface area contributed by atoms with Gasteiger partial charge in [-0.15, -0.1) is 0 Å². The van der Waals surface area contributed by atoms with Gasteiger partial charge in [-0.1, -0.05) is 25.7 Å². The van der Waals surface area contributed by atoms with Crippen molar-refractivity contribution in [2.45, 2.75) is 38.5 Å². The fraction of sp³-hybridized carbons (Fsp3) is 1.00. The van der Waals surface area contributed by atoms with E-state index in [1.165, 1.54) is 45.1 Å². The number of hydrogen-bond acceptors (Lipinski definition) is 2. The summed E-state index contributed by atoms with van der Waals surface area (Å²) in [6, 6.07) is 0. The lowest BCUT2D eigenvalue weighted by atomic mass is 10.0. The van der Waals surface area contributed by atoms with E-state index in [1.54, 1.807) is 0 Å². The Hall–Kier alpha value is -0.0800. The van der Waals surface area contributed by atoms with Crippen molar-refractivity contribution >= 4 is 0 Å². The zero-order chi connectivity index (χ0) is 9.36. The molecule has 0 amide bonds. The van der Waals surface area contributed by atoms with Gasteiger partial charge in [0.05, 0.1) is 0 Å². The summed E-state index contributed by atoms with van der Waals surface area (Å²) >= 11 is 0. The third kappa shape index (κ3) is 5.27. The van der Waals surface area contributed by atoms with Gasteiger partial charge in [-0.3, -0.25) is 0 Å². The molecular weight excluding hydrogens is 160 g/mol. The van der Waals surface area contributed by atoms with Gasteiger partial charge in [0.2, 0.25) is 0 Å². The van der Waals surface area contributed by atoms with Crippen LogP contribution in [0.4, 0.5) is 0 Å². The van der Waals surface area contributed by atoms with Crippen LogP contribution in [-0.2, 0) is 0 Å². The van der Waals surface area contributed by atoms with Crippen LogP contribution >= 0.6 is 0 Å². The Balaban J connectivity index is 1.98. The van der Waals surface area contributed by atoms with Crippen LogP contribution < -0.4 is 10.6 Å². The standard InChI is InChI=1S/C11H24N2/c1-12-8-9-13-10-11-6-4-2-3-5-7-11/h11-13H,2-10H2,1H3. The van der Waals surface area contributed by atoms with E-state index < -0.39 is 0 Å². The Morgan fingerprint density at radius 2 is 1.69 bits per heavy atom. The summed E-state index contributed by atoms with van der Waals surface area (Å²) in [5.74, 6) is 0.958. The lowest BCUT2D eigenvalue weighted by Gasteiger charge is -2.14. The molecule has 0 aliphatic heterocycles. The molecule has 2 nitrogen and oxygen atoms in total. The van der Waals surface area contributed by atoms with E-state index in [1.807, 2.05) is 7.05 Å². The Kier molecular flexibility index (Phi) is 6.21. The summed E-state index contributed by atoms with van der Waals surface area (Å²) < 4.78 is 0. The fourth-order valence-corrected chi connectivity index (χ4v) is 2.09. The Morgan fingerprint density at radius 1 is 1.00 bits per heavy atom. The molecule has 78 valence electrons. The molecule has 0 aromatic heterocycles. The normalized spacial score (nSPS) is 20.1. The lowest BCUT2D eigenvalue weighted by Crippen LogP contribution is -2.29. The second-order valence-electron chi connectivity index (χ2n) is 4.17. The first-order valence-electron chi connectivity index (χ1n) is 5.79. The Labute approximate surface area is 82.5 Å². The molecule has 1 saturated carbocycles. The molecule has 1 fully saturated rings. The lowest BCUT2D eigenvalue weighted by molar-refractivity contribution is 0.425. The number of nitrogens with one attached hydrogen (secondary N) is 2. The average molecular weight is 184 g/mol. The van der Waals surface area contributed by atoms with Crippen molar-refractivity contribution in [1.82, 2.24) is 10.6 Å². The van der Waals surface area contributed by atoms with Crippen molar-refractivity contribution in [2.75, 3.05) is 26.7 Å². The molecule has 2 N–H and O–H groups in total. The molecular formula is C11H24N2. The predicted octanol–water partition coefficient (Wildman–Crippen LogP) is 1.77. The van der Waals surface area contributed by atoms with Crippen LogP contribution in [0.25, 0.3) is 0 Å². The highest BCUT2D eigenvalue weighted by Gasteiger charge is 2.10. The first kappa shape index (κ1) is 11.0. The minimum atomic E-state index is 0.958. The van der Waals surface area contributed by atoms with Crippen LogP contribution in [0, 0.1) is 5.92 Å². The van der Waals surface area contributed by atoms with Gasteiger partial charge in [0, 0.05) is 13.1 Å². The molecule has 0 radical (unpaired) electrons. The Morgan fingerprint density at radius 3 is 2.31 bits per heavy atom. The molecule has 13 heavy (non-hydrogen) atoms. The summed E-state index contributed by atoms with van der Waals surface area (Å²) in [5.41, 5.74) is 0. The minimum Gasteiger partial charge on any atom is -0.318 e. The molecule has 0 aromatic rings. The van der Waals surface area contributed by atoms with Crippen LogP contribution in [0.3, 0.4) is 0 Å². The highest BCUT2D eigenvalue weighted by Crippen LogP contribution is 2.21. The van der Waals surface area contributed by atoms with E-state index in [4.69, 9.17) is 0 Å². The molecule has 0 unspecified atom stereocenters. The molecule has 2 heteroatoms. The summed E-state index contributed by atoms with van der Waals surface area (Å²) in [5, 5.41) is 6.68. The molecule has 1 aliphatic carbocycles. The summed E-state index contributed by atoms with van der Waals surface area (Å²) in [4.78, 5) is 0. The first-order valence-corrected chi connectivity index (χ1v) is 5.79. The number of rotatable bonds is 5. The van der Waals surface area contributed by atoms with Crippen LogP contribution in [0.5, 0.6) is 0 Å². The maximum atomic E-state index is 3.52. The molecule has 0 aromatic carbocycles. The van der Waals surface area contributed by atoms with Crippen LogP contribution in [0.15, 0.2) is 0 Å². The van der Waals surface area contributed by atoms with Crippen molar-refractivity contribution in [3.8, 4) is 0 Å². The highest BCUT2D eigenvalue weighted by molar-refractivity contribution is 4.66. The second-order valence-corrected chi connectivity index (χ2v) is 4.17. The maximum Gasteiger partial charge on any atom is 0.00767 e. The smallest absolute Gasteiger partial charge is 0.00767 e. The van der Waals surface area contributed by atoms with Crippen LogP contribution in [-0.4, -0.2) is 26.7 Å². The summed E-state index contributed by atoms with van der Waals surface area (Å²) in [7, 11) is 2.01. The van der Waals surface area contributed by atoms with Crippen LogP contribution in [0.2, 0.25) is 0 Å². The third-order valence-corrected chi connectivity index (χ3v) is 2.96. The van der Waals surface area contributed by atoms with Crippen molar-refractivity contribution in [2.24, 2.45) is 5.92 Å². The highest BCUT2D eigenvalue weighted by atomic mass is 14.9. The minimum absolute atomic E-state index is 0.958. The van der Waals surface area contributed by atoms with Crippen molar-refractivity contribution in [3.05, 3.63) is 0 Å². The Bertz CT molecular complexity index is 107. The summed E-state index contributed by atoms with van der Waals surface area (Å²) in [6.45, 7) is 3.45. The third-order valence-electron chi connectivity index (χ3n) is 2.96. The van der Waals surface area contributed by atoms with Crippen molar-refractivity contribution in [1.29, 1.82) is 0 Å². The first-order chi connectivity index (χ1) is 6.43. The zero-order valence-electron chi connectivity index (χ0n) is 8.94. The molecule has 0 bridgehead atoms. The van der Waals surface area contributed by atoms with Gasteiger partial charge in [-0.25, -0.2) is 0 Å². The summed E-state index contributed by atoms with van der Waals surface area (Å²) in [6.07, 6.45) is 8.75. The van der Waals surface area contributed by atoms with E-state index in [0.717, 1.165) is 19.0 Å². The predicted molar refractivity (Wildman–Crippen MR) is 58.0 cm³/mol. The van der Waals surface area contributed by atoms with E-state index in [0.29, 0.717) is 0 Å². The molecule has 1 aliphatic rings. The van der Waals surface area contributed by atoms with Gasteiger partial charge in [0.15, 0.2) is 0 Å². The topological polar surface area (TPSA) is 24.1 Å². The van der Waals surface area contributed by atoms with Crippen molar-refractivity contribution in [3.63, 3.8) is 0 Å². The van der Waals surface area contributed by atoms with Gasteiger partial charge in [0.25, 0.3) is 0 Å². The molecule has 0 saturated heterocycles. The van der Waals surface area contributed by atoms with Gasteiger partial charge in [-0.05, 0) is 32.4 Å². The van der Waals surface area contributed by atoms with Gasteiger partial charge in [-0.2, -0.15) is 0 Å². The zero-order valence-corrected chi connectivity index (χ0v) is 8.94. The molecule has 1 rings (SSSR count). The average Bonchev–Trinajstić information content (AvgIpc) is 2.41. The van der Waals surface area contributed by atoms with Crippen molar-refractivity contribution < 1.29 is 0 Å². The van der Waals surface area contributed by atoms with E-state index in [-0.39, 0.29) is 0 Å². The monoisotopic (exact) mass is 184 g/mol. The number of hydrogen-bond donors (Lipinski definition) is 2. The molecule has 0 spiro atoms. The maximum absolute atomic E-state index is 3.52. The SMILES string of the molecule is CNCCNCC1CCCCCC1. The van der Waals surface area contributed by atoms with E-state index in [9.17, 15) is 0 Å². The van der Waals surface area contributed by atoms with E-state index >= 15 is 0 Å².